The normalized spacial score (nSPS) is 10.4. The van der Waals surface area contributed by atoms with E-state index in [0.717, 1.165) is 13.2 Å². The summed E-state index contributed by atoms with van der Waals surface area (Å²) >= 11 is 0. The Kier molecular flexibility index (Phi) is 4.19. The first-order valence-electron chi connectivity index (χ1n) is 4.61. The van der Waals surface area contributed by atoms with E-state index in [2.05, 4.69) is 14.5 Å². The van der Waals surface area contributed by atoms with E-state index in [-0.39, 0.29) is 17.9 Å². The van der Waals surface area contributed by atoms with Crippen molar-refractivity contribution in [3.63, 3.8) is 0 Å². The van der Waals surface area contributed by atoms with Crippen LogP contribution in [0.5, 0.6) is 11.6 Å². The van der Waals surface area contributed by atoms with Gasteiger partial charge in [0.05, 0.1) is 20.6 Å². The second kappa shape index (κ2) is 5.42. The fourth-order valence-corrected chi connectivity index (χ4v) is 1.20. The molecule has 7 heteroatoms. The highest BCUT2D eigenvalue weighted by Crippen LogP contribution is 2.32. The van der Waals surface area contributed by atoms with Crippen LogP contribution in [0.1, 0.15) is 17.7 Å². The molecule has 1 N–H and O–H groups in total. The molecule has 17 heavy (non-hydrogen) atoms. The summed E-state index contributed by atoms with van der Waals surface area (Å²) in [7, 11) is 2.34. The minimum atomic E-state index is -2.82. The van der Waals surface area contributed by atoms with Crippen molar-refractivity contribution in [2.45, 2.75) is 12.8 Å². The van der Waals surface area contributed by atoms with E-state index in [1.807, 2.05) is 0 Å². The first kappa shape index (κ1) is 13.1. The molecule has 0 aliphatic rings. The highest BCUT2D eigenvalue weighted by atomic mass is 19.3. The van der Waals surface area contributed by atoms with Gasteiger partial charge in [-0.3, -0.25) is 4.79 Å². The van der Waals surface area contributed by atoms with Gasteiger partial charge in [-0.15, -0.1) is 0 Å². The van der Waals surface area contributed by atoms with Crippen LogP contribution >= 0.6 is 0 Å². The number of nitrogens with zero attached hydrogens (tertiary/aromatic N) is 1. The topological polar surface area (TPSA) is 68.7 Å². The molecule has 1 heterocycles. The third kappa shape index (κ3) is 3.02. The molecule has 0 fully saturated rings. The predicted molar refractivity (Wildman–Crippen MR) is 53.1 cm³/mol. The molecule has 94 valence electrons. The lowest BCUT2D eigenvalue weighted by atomic mass is 10.1. The quantitative estimate of drug-likeness (QED) is 0.815. The van der Waals surface area contributed by atoms with Gasteiger partial charge in [0, 0.05) is 5.56 Å². The number of aromatic nitrogens is 1. The first-order chi connectivity index (χ1) is 7.99. The van der Waals surface area contributed by atoms with Crippen molar-refractivity contribution in [1.82, 2.24) is 4.98 Å². The van der Waals surface area contributed by atoms with Crippen LogP contribution in [0.15, 0.2) is 6.07 Å². The zero-order valence-electron chi connectivity index (χ0n) is 9.24. The van der Waals surface area contributed by atoms with Crippen molar-refractivity contribution in [2.75, 3.05) is 14.2 Å². The van der Waals surface area contributed by atoms with E-state index >= 15 is 0 Å². The van der Waals surface area contributed by atoms with Crippen molar-refractivity contribution in [3.05, 3.63) is 17.3 Å². The third-order valence-electron chi connectivity index (χ3n) is 2.04. The maximum Gasteiger partial charge on any atom is 0.310 e. The molecule has 1 rings (SSSR count). The molecular formula is C10H11F2NO4. The van der Waals surface area contributed by atoms with Gasteiger partial charge in [0.15, 0.2) is 5.75 Å². The number of hydrogen-bond acceptors (Lipinski definition) is 5. The molecule has 0 aliphatic heterocycles. The Morgan fingerprint density at radius 1 is 1.53 bits per heavy atom. The summed E-state index contributed by atoms with van der Waals surface area (Å²) in [4.78, 5) is 14.4. The van der Waals surface area contributed by atoms with E-state index < -0.39 is 23.8 Å². The summed E-state index contributed by atoms with van der Waals surface area (Å²) < 4.78 is 34.0. The number of carbonyl (C=O) groups is 1. The number of halogens is 2. The number of alkyl halides is 2. The van der Waals surface area contributed by atoms with Crippen molar-refractivity contribution in [1.29, 1.82) is 0 Å². The number of methoxy groups -OCH3 is 2. The average Bonchev–Trinajstić information content (AvgIpc) is 2.31. The number of hydrogen-bond donors (Lipinski definition) is 1. The molecule has 0 spiro atoms. The smallest absolute Gasteiger partial charge is 0.310 e. The fraction of sp³-hybridized carbons (Fsp3) is 0.400. The zero-order valence-corrected chi connectivity index (χ0v) is 9.24. The van der Waals surface area contributed by atoms with Gasteiger partial charge in [-0.25, -0.2) is 13.8 Å². The van der Waals surface area contributed by atoms with Crippen molar-refractivity contribution >= 4 is 5.97 Å². The summed E-state index contributed by atoms with van der Waals surface area (Å²) in [5.41, 5.74) is -0.586. The molecule has 0 aromatic carbocycles. The Morgan fingerprint density at radius 2 is 2.18 bits per heavy atom. The number of rotatable bonds is 4. The second-order valence-electron chi connectivity index (χ2n) is 3.12. The lowest BCUT2D eigenvalue weighted by Gasteiger charge is -2.10. The molecule has 0 atom stereocenters. The van der Waals surface area contributed by atoms with E-state index in [0.29, 0.717) is 0 Å². The molecule has 1 aromatic heterocycles. The van der Waals surface area contributed by atoms with Gasteiger partial charge < -0.3 is 14.6 Å². The Hall–Kier alpha value is -1.92. The Bertz CT molecular complexity index is 423. The van der Waals surface area contributed by atoms with Crippen molar-refractivity contribution < 1.29 is 28.2 Å². The number of carbonyl (C=O) groups excluding carboxylic acids is 1. The van der Waals surface area contributed by atoms with E-state index in [1.54, 1.807) is 0 Å². The monoisotopic (exact) mass is 247 g/mol. The third-order valence-corrected chi connectivity index (χ3v) is 2.04. The molecule has 0 saturated heterocycles. The predicted octanol–water partition coefficient (Wildman–Crippen LogP) is 1.45. The molecule has 0 unspecified atom stereocenters. The molecular weight excluding hydrogens is 236 g/mol. The lowest BCUT2D eigenvalue weighted by molar-refractivity contribution is -0.139. The van der Waals surface area contributed by atoms with Gasteiger partial charge in [0.2, 0.25) is 0 Å². The summed E-state index contributed by atoms with van der Waals surface area (Å²) in [6.07, 6.45) is -3.15. The summed E-state index contributed by atoms with van der Waals surface area (Å²) in [5.74, 6) is -1.45. The lowest BCUT2D eigenvalue weighted by Crippen LogP contribution is -2.07. The second-order valence-corrected chi connectivity index (χ2v) is 3.12. The van der Waals surface area contributed by atoms with Gasteiger partial charge in [0.25, 0.3) is 12.3 Å². The highest BCUT2D eigenvalue weighted by molar-refractivity contribution is 5.73. The number of esters is 1. The fourth-order valence-electron chi connectivity index (χ4n) is 1.20. The van der Waals surface area contributed by atoms with Crippen LogP contribution < -0.4 is 4.74 Å². The van der Waals surface area contributed by atoms with Crippen LogP contribution in [0.25, 0.3) is 0 Å². The summed E-state index contributed by atoms with van der Waals surface area (Å²) in [6.45, 7) is 0. The van der Waals surface area contributed by atoms with Crippen LogP contribution in [0.4, 0.5) is 8.78 Å². The molecule has 0 radical (unpaired) electrons. The maximum atomic E-state index is 12.5. The number of ether oxygens (including phenoxy) is 2. The van der Waals surface area contributed by atoms with Gasteiger partial charge in [-0.2, -0.15) is 0 Å². The molecule has 0 amide bonds. The van der Waals surface area contributed by atoms with E-state index in [4.69, 9.17) is 0 Å². The molecule has 0 saturated carbocycles. The molecule has 0 aliphatic carbocycles. The summed E-state index contributed by atoms with van der Waals surface area (Å²) in [6, 6.07) is 0.944. The van der Waals surface area contributed by atoms with Crippen LogP contribution in [-0.4, -0.2) is 30.3 Å². The van der Waals surface area contributed by atoms with E-state index in [1.165, 1.54) is 7.11 Å². The van der Waals surface area contributed by atoms with E-state index in [9.17, 15) is 18.7 Å². The Morgan fingerprint density at radius 3 is 2.65 bits per heavy atom. The van der Waals surface area contributed by atoms with Crippen LogP contribution in [0.2, 0.25) is 0 Å². The van der Waals surface area contributed by atoms with Crippen LogP contribution in [0, 0.1) is 0 Å². The average molecular weight is 247 g/mol. The number of pyridine rings is 1. The minimum absolute atomic E-state index is 0.0148. The molecule has 5 nitrogen and oxygen atoms in total. The van der Waals surface area contributed by atoms with Gasteiger partial charge in [-0.1, -0.05) is 0 Å². The minimum Gasteiger partial charge on any atom is -0.503 e. The number of aromatic hydroxyl groups is 1. The Labute approximate surface area is 96.0 Å². The maximum absolute atomic E-state index is 12.5. The zero-order chi connectivity index (χ0) is 13.0. The van der Waals surface area contributed by atoms with Gasteiger partial charge in [0.1, 0.15) is 5.69 Å². The highest BCUT2D eigenvalue weighted by Gasteiger charge is 2.19. The van der Waals surface area contributed by atoms with Gasteiger partial charge in [-0.05, 0) is 6.07 Å². The van der Waals surface area contributed by atoms with Crippen LogP contribution in [-0.2, 0) is 16.0 Å². The van der Waals surface area contributed by atoms with Gasteiger partial charge >= 0.3 is 5.97 Å². The molecule has 1 aromatic rings. The summed E-state index contributed by atoms with van der Waals surface area (Å²) in [5, 5.41) is 9.60. The first-order valence-corrected chi connectivity index (χ1v) is 4.61. The van der Waals surface area contributed by atoms with Crippen molar-refractivity contribution in [3.8, 4) is 11.6 Å². The largest absolute Gasteiger partial charge is 0.503 e. The Balaban J connectivity index is 3.17. The standard InChI is InChI=1S/C10H11F2NO4/c1-16-7(14)4-5-3-6(9(11)12)13-10(17-2)8(5)15/h3,9,15H,4H2,1-2H3. The van der Waals surface area contributed by atoms with Crippen molar-refractivity contribution in [2.24, 2.45) is 0 Å². The SMILES string of the molecule is COC(=O)Cc1cc(C(F)F)nc(OC)c1O. The molecule has 0 bridgehead atoms. The van der Waals surface area contributed by atoms with Crippen LogP contribution in [0.3, 0.4) is 0 Å².